The summed E-state index contributed by atoms with van der Waals surface area (Å²) in [5, 5.41) is 5.71. The van der Waals surface area contributed by atoms with Crippen molar-refractivity contribution in [2.45, 2.75) is 19.3 Å². The van der Waals surface area contributed by atoms with Crippen LogP contribution in [0.25, 0.3) is 0 Å². The molecule has 22 heavy (non-hydrogen) atoms. The summed E-state index contributed by atoms with van der Waals surface area (Å²) >= 11 is 0. The van der Waals surface area contributed by atoms with E-state index in [9.17, 15) is 4.79 Å². The summed E-state index contributed by atoms with van der Waals surface area (Å²) in [6, 6.07) is 5.09. The molecule has 0 saturated carbocycles. The van der Waals surface area contributed by atoms with Gasteiger partial charge in [-0.1, -0.05) is 0 Å². The number of hydrogen-bond donors (Lipinski definition) is 3. The second kappa shape index (κ2) is 8.48. The molecule has 1 aromatic carbocycles. The molecule has 122 valence electrons. The van der Waals surface area contributed by atoms with Crippen LogP contribution < -0.4 is 25.0 Å². The molecule has 0 radical (unpaired) electrons. The van der Waals surface area contributed by atoms with Crippen molar-refractivity contribution in [3.8, 4) is 11.5 Å². The van der Waals surface area contributed by atoms with Gasteiger partial charge in [0.2, 0.25) is 0 Å². The molecule has 0 aliphatic carbocycles. The summed E-state index contributed by atoms with van der Waals surface area (Å²) in [4.78, 5) is 13.5. The first-order valence-electron chi connectivity index (χ1n) is 7.83. The third-order valence-electron chi connectivity index (χ3n) is 3.98. The lowest BCUT2D eigenvalue weighted by Gasteiger charge is -2.23. The van der Waals surface area contributed by atoms with E-state index in [1.165, 1.54) is 32.4 Å². The van der Waals surface area contributed by atoms with Gasteiger partial charge in [-0.15, -0.1) is 0 Å². The number of carbonyl (C=O) groups excluding carboxylic acids is 1. The van der Waals surface area contributed by atoms with Crippen LogP contribution >= 0.6 is 0 Å². The number of likely N-dealkylation sites (tertiary alicyclic amines) is 1. The zero-order valence-corrected chi connectivity index (χ0v) is 13.4. The van der Waals surface area contributed by atoms with Gasteiger partial charge in [0.15, 0.2) is 0 Å². The lowest BCUT2D eigenvalue weighted by molar-refractivity contribution is -0.903. The molecule has 1 heterocycles. The van der Waals surface area contributed by atoms with Crippen molar-refractivity contribution in [2.75, 3.05) is 45.7 Å². The van der Waals surface area contributed by atoms with Crippen molar-refractivity contribution in [2.24, 2.45) is 0 Å². The fraction of sp³-hybridized carbons (Fsp3) is 0.562. The molecule has 3 N–H and O–H groups in total. The Balaban J connectivity index is 1.78. The van der Waals surface area contributed by atoms with E-state index in [-0.39, 0.29) is 6.03 Å². The second-order valence-electron chi connectivity index (χ2n) is 5.51. The first-order valence-corrected chi connectivity index (χ1v) is 7.83. The minimum Gasteiger partial charge on any atom is -0.497 e. The number of ether oxygens (including phenoxy) is 2. The summed E-state index contributed by atoms with van der Waals surface area (Å²) in [5.41, 5.74) is 0.631. The van der Waals surface area contributed by atoms with Crippen LogP contribution in [0.15, 0.2) is 18.2 Å². The van der Waals surface area contributed by atoms with Gasteiger partial charge in [-0.25, -0.2) is 4.79 Å². The fourth-order valence-electron chi connectivity index (χ4n) is 2.72. The average molecular weight is 308 g/mol. The maximum absolute atomic E-state index is 12.0. The topological polar surface area (TPSA) is 64.0 Å². The van der Waals surface area contributed by atoms with Crippen molar-refractivity contribution < 1.29 is 19.2 Å². The molecule has 2 amide bonds. The largest absolute Gasteiger partial charge is 0.497 e. The lowest BCUT2D eigenvalue weighted by atomic mass is 10.1. The molecule has 0 atom stereocenters. The number of piperidine rings is 1. The van der Waals surface area contributed by atoms with Gasteiger partial charge in [-0.2, -0.15) is 0 Å². The molecule has 1 fully saturated rings. The van der Waals surface area contributed by atoms with Crippen LogP contribution in [0.1, 0.15) is 19.3 Å². The highest BCUT2D eigenvalue weighted by atomic mass is 16.5. The van der Waals surface area contributed by atoms with Crippen LogP contribution in [-0.2, 0) is 0 Å². The molecule has 1 saturated heterocycles. The predicted molar refractivity (Wildman–Crippen MR) is 86.0 cm³/mol. The standard InChI is InChI=1S/C16H25N3O3/c1-21-13-6-7-14(15(12-13)22-2)18-16(20)17-8-11-19-9-4-3-5-10-19/h6-7,12H,3-5,8-11H2,1-2H3,(H2,17,18,20)/p+1. The number of urea groups is 1. The first-order chi connectivity index (χ1) is 10.7. The van der Waals surface area contributed by atoms with Crippen molar-refractivity contribution in [1.29, 1.82) is 0 Å². The number of amides is 2. The third kappa shape index (κ3) is 4.80. The summed E-state index contributed by atoms with van der Waals surface area (Å²) in [6.45, 7) is 4.10. The highest BCUT2D eigenvalue weighted by molar-refractivity contribution is 5.91. The van der Waals surface area contributed by atoms with Gasteiger partial charge < -0.3 is 25.0 Å². The quantitative estimate of drug-likeness (QED) is 0.731. The van der Waals surface area contributed by atoms with E-state index in [0.29, 0.717) is 23.7 Å². The molecule has 2 rings (SSSR count). The van der Waals surface area contributed by atoms with Crippen molar-refractivity contribution in [3.05, 3.63) is 18.2 Å². The molecule has 0 unspecified atom stereocenters. The van der Waals surface area contributed by atoms with E-state index < -0.39 is 0 Å². The summed E-state index contributed by atoms with van der Waals surface area (Å²) in [5.74, 6) is 1.27. The minimum atomic E-state index is -0.208. The number of quaternary nitrogens is 1. The zero-order chi connectivity index (χ0) is 15.8. The number of benzene rings is 1. The second-order valence-corrected chi connectivity index (χ2v) is 5.51. The lowest BCUT2D eigenvalue weighted by Crippen LogP contribution is -3.13. The molecule has 6 nitrogen and oxygen atoms in total. The highest BCUT2D eigenvalue weighted by Gasteiger charge is 2.13. The molecule has 0 bridgehead atoms. The summed E-state index contributed by atoms with van der Waals surface area (Å²) < 4.78 is 10.4. The average Bonchev–Trinajstić information content (AvgIpc) is 2.56. The SMILES string of the molecule is COc1ccc(NC(=O)NCC[NH+]2CCCCC2)c(OC)c1. The monoisotopic (exact) mass is 308 g/mol. The number of nitrogens with one attached hydrogen (secondary N) is 3. The fourth-order valence-corrected chi connectivity index (χ4v) is 2.72. The Bertz CT molecular complexity index is 488. The van der Waals surface area contributed by atoms with Crippen molar-refractivity contribution in [3.63, 3.8) is 0 Å². The Labute approximate surface area is 131 Å². The van der Waals surface area contributed by atoms with Gasteiger partial charge in [0.1, 0.15) is 11.5 Å². The van der Waals surface area contributed by atoms with Gasteiger partial charge in [-0.3, -0.25) is 0 Å². The maximum Gasteiger partial charge on any atom is 0.319 e. The number of methoxy groups -OCH3 is 2. The normalized spacial score (nSPS) is 15.2. The van der Waals surface area contributed by atoms with E-state index in [4.69, 9.17) is 9.47 Å². The van der Waals surface area contributed by atoms with Crippen LogP contribution in [0.3, 0.4) is 0 Å². The molecular weight excluding hydrogens is 282 g/mol. The van der Waals surface area contributed by atoms with Gasteiger partial charge >= 0.3 is 6.03 Å². The number of carbonyl (C=O) groups is 1. The maximum atomic E-state index is 12.0. The molecule has 1 aliphatic heterocycles. The number of hydrogen-bond acceptors (Lipinski definition) is 3. The predicted octanol–water partition coefficient (Wildman–Crippen LogP) is 0.894. The Kier molecular flexibility index (Phi) is 6.33. The first kappa shape index (κ1) is 16.4. The van der Waals surface area contributed by atoms with Crippen molar-refractivity contribution in [1.82, 2.24) is 5.32 Å². The van der Waals surface area contributed by atoms with Crippen LogP contribution in [0.5, 0.6) is 11.5 Å². The zero-order valence-electron chi connectivity index (χ0n) is 13.4. The third-order valence-corrected chi connectivity index (χ3v) is 3.98. The summed E-state index contributed by atoms with van der Waals surface area (Å²) in [6.07, 6.45) is 3.93. The summed E-state index contributed by atoms with van der Waals surface area (Å²) in [7, 11) is 3.16. The molecule has 1 aliphatic rings. The Morgan fingerprint density at radius 3 is 2.64 bits per heavy atom. The molecule has 6 heteroatoms. The minimum absolute atomic E-state index is 0.208. The highest BCUT2D eigenvalue weighted by Crippen LogP contribution is 2.28. The van der Waals surface area contributed by atoms with Crippen LogP contribution in [0, 0.1) is 0 Å². The van der Waals surface area contributed by atoms with Gasteiger partial charge in [-0.05, 0) is 31.4 Å². The smallest absolute Gasteiger partial charge is 0.319 e. The number of anilines is 1. The Hall–Kier alpha value is -1.95. The van der Waals surface area contributed by atoms with Gasteiger partial charge in [0, 0.05) is 6.07 Å². The molecule has 0 aromatic heterocycles. The Morgan fingerprint density at radius 2 is 1.95 bits per heavy atom. The van der Waals surface area contributed by atoms with E-state index in [1.54, 1.807) is 37.3 Å². The van der Waals surface area contributed by atoms with E-state index in [2.05, 4.69) is 10.6 Å². The number of rotatable bonds is 6. The van der Waals surface area contributed by atoms with Gasteiger partial charge in [0.25, 0.3) is 0 Å². The van der Waals surface area contributed by atoms with Crippen molar-refractivity contribution >= 4 is 11.7 Å². The van der Waals surface area contributed by atoms with E-state index in [1.807, 2.05) is 0 Å². The molecular formula is C16H26N3O3+. The Morgan fingerprint density at radius 1 is 1.18 bits per heavy atom. The van der Waals surface area contributed by atoms with Crippen LogP contribution in [0.2, 0.25) is 0 Å². The van der Waals surface area contributed by atoms with Crippen LogP contribution in [0.4, 0.5) is 10.5 Å². The molecule has 1 aromatic rings. The van der Waals surface area contributed by atoms with Crippen LogP contribution in [-0.4, -0.2) is 46.4 Å². The van der Waals surface area contributed by atoms with Gasteiger partial charge in [0.05, 0.1) is 46.1 Å². The van der Waals surface area contributed by atoms with E-state index >= 15 is 0 Å². The molecule has 0 spiro atoms. The van der Waals surface area contributed by atoms with E-state index in [0.717, 1.165) is 6.54 Å².